The Balaban J connectivity index is 2.19. The van der Waals surface area contributed by atoms with E-state index in [2.05, 4.69) is 28.1 Å². The first-order valence-electron chi connectivity index (χ1n) is 6.78. The first-order valence-corrected chi connectivity index (χ1v) is 7.54. The van der Waals surface area contributed by atoms with Crippen LogP contribution in [0.4, 0.5) is 0 Å². The lowest BCUT2D eigenvalue weighted by molar-refractivity contribution is 0.497. The van der Waals surface area contributed by atoms with Crippen LogP contribution in [0.15, 0.2) is 30.5 Å². The first-order chi connectivity index (χ1) is 9.65. The third kappa shape index (κ3) is 3.54. The molecule has 0 aliphatic heterocycles. The molecule has 1 N–H and O–H groups in total. The summed E-state index contributed by atoms with van der Waals surface area (Å²) in [5.74, 6) is 0. The largest absolute Gasteiger partial charge is 0.311 e. The van der Waals surface area contributed by atoms with Gasteiger partial charge >= 0.3 is 0 Å². The molecule has 1 aromatic heterocycles. The molecule has 2 aromatic rings. The number of rotatable bonds is 6. The van der Waals surface area contributed by atoms with E-state index in [9.17, 15) is 0 Å². The smallest absolute Gasteiger partial charge is 0.0595 e. The summed E-state index contributed by atoms with van der Waals surface area (Å²) in [6.07, 6.45) is 3.77. The number of hydrogen-bond acceptors (Lipinski definition) is 2. The summed E-state index contributed by atoms with van der Waals surface area (Å²) in [5, 5.41) is 8.91. The molecule has 20 heavy (non-hydrogen) atoms. The molecule has 0 saturated carbocycles. The molecule has 5 heteroatoms. The Morgan fingerprint density at radius 2 is 2.05 bits per heavy atom. The standard InChI is InChI=1S/C15H19Cl2N3/c1-3-8-20-15(6-7-19-20)14(18-2)10-11-4-5-12(16)13(17)9-11/h4-7,9,14,18H,3,8,10H2,1-2H3. The van der Waals surface area contributed by atoms with Gasteiger partial charge in [0.2, 0.25) is 0 Å². The molecule has 0 bridgehead atoms. The third-order valence-electron chi connectivity index (χ3n) is 3.31. The number of likely N-dealkylation sites (N-methyl/N-ethyl adjacent to an activating group) is 1. The van der Waals surface area contributed by atoms with Gasteiger partial charge in [0, 0.05) is 12.7 Å². The molecule has 1 heterocycles. The van der Waals surface area contributed by atoms with Crippen molar-refractivity contribution in [1.29, 1.82) is 0 Å². The van der Waals surface area contributed by atoms with Crippen LogP contribution in [-0.4, -0.2) is 16.8 Å². The highest BCUT2D eigenvalue weighted by molar-refractivity contribution is 6.42. The highest BCUT2D eigenvalue weighted by atomic mass is 35.5. The summed E-state index contributed by atoms with van der Waals surface area (Å²) in [5.41, 5.74) is 2.35. The van der Waals surface area contributed by atoms with Gasteiger partial charge in [0.05, 0.1) is 21.8 Å². The zero-order valence-corrected chi connectivity index (χ0v) is 13.2. The number of halogens is 2. The van der Waals surface area contributed by atoms with Gasteiger partial charge in [0.1, 0.15) is 0 Å². The molecule has 2 rings (SSSR count). The molecule has 0 spiro atoms. The molecule has 1 atom stereocenters. The zero-order chi connectivity index (χ0) is 14.5. The Hall–Kier alpha value is -1.03. The van der Waals surface area contributed by atoms with E-state index in [1.54, 1.807) is 0 Å². The van der Waals surface area contributed by atoms with E-state index in [1.165, 1.54) is 5.69 Å². The maximum absolute atomic E-state index is 6.08. The van der Waals surface area contributed by atoms with Gasteiger partial charge in [-0.25, -0.2) is 0 Å². The van der Waals surface area contributed by atoms with Gasteiger partial charge in [-0.3, -0.25) is 4.68 Å². The Kier molecular flexibility index (Phi) is 5.46. The molecule has 0 radical (unpaired) electrons. The van der Waals surface area contributed by atoms with Gasteiger partial charge in [-0.2, -0.15) is 5.10 Å². The average molecular weight is 312 g/mol. The Labute approximate surface area is 129 Å². The van der Waals surface area contributed by atoms with Crippen molar-refractivity contribution in [3.05, 3.63) is 51.8 Å². The number of nitrogens with zero attached hydrogens (tertiary/aromatic N) is 2. The van der Waals surface area contributed by atoms with Gasteiger partial charge in [-0.05, 0) is 43.7 Å². The summed E-state index contributed by atoms with van der Waals surface area (Å²) in [6, 6.07) is 8.05. The van der Waals surface area contributed by atoms with Gasteiger partial charge in [0.15, 0.2) is 0 Å². The van der Waals surface area contributed by atoms with Gasteiger partial charge in [-0.15, -0.1) is 0 Å². The predicted octanol–water partition coefficient (Wildman–Crippen LogP) is 4.10. The second kappa shape index (κ2) is 7.11. The van der Waals surface area contributed by atoms with Gasteiger partial charge in [0.25, 0.3) is 0 Å². The van der Waals surface area contributed by atoms with E-state index in [4.69, 9.17) is 23.2 Å². The van der Waals surface area contributed by atoms with E-state index in [0.717, 1.165) is 24.9 Å². The fourth-order valence-corrected chi connectivity index (χ4v) is 2.62. The molecular formula is C15H19Cl2N3. The van der Waals surface area contributed by atoms with Crippen molar-refractivity contribution < 1.29 is 0 Å². The summed E-state index contributed by atoms with van der Waals surface area (Å²) in [4.78, 5) is 0. The van der Waals surface area contributed by atoms with Crippen molar-refractivity contribution in [1.82, 2.24) is 15.1 Å². The van der Waals surface area contributed by atoms with Crippen molar-refractivity contribution in [2.24, 2.45) is 0 Å². The van der Waals surface area contributed by atoms with Crippen molar-refractivity contribution in [2.75, 3.05) is 7.05 Å². The van der Waals surface area contributed by atoms with Crippen LogP contribution in [0.5, 0.6) is 0 Å². The topological polar surface area (TPSA) is 29.9 Å². The fourth-order valence-electron chi connectivity index (χ4n) is 2.29. The Morgan fingerprint density at radius 1 is 1.25 bits per heavy atom. The molecule has 3 nitrogen and oxygen atoms in total. The van der Waals surface area contributed by atoms with E-state index in [0.29, 0.717) is 10.0 Å². The minimum Gasteiger partial charge on any atom is -0.311 e. The van der Waals surface area contributed by atoms with Crippen LogP contribution in [-0.2, 0) is 13.0 Å². The summed E-state index contributed by atoms with van der Waals surface area (Å²) in [7, 11) is 1.96. The lowest BCUT2D eigenvalue weighted by atomic mass is 10.0. The molecule has 0 aliphatic rings. The third-order valence-corrected chi connectivity index (χ3v) is 4.05. The maximum Gasteiger partial charge on any atom is 0.0595 e. The molecule has 0 aliphatic carbocycles. The molecule has 1 aromatic carbocycles. The van der Waals surface area contributed by atoms with Crippen LogP contribution in [0.3, 0.4) is 0 Å². The van der Waals surface area contributed by atoms with Crippen LogP contribution < -0.4 is 5.32 Å². The van der Waals surface area contributed by atoms with E-state index < -0.39 is 0 Å². The van der Waals surface area contributed by atoms with E-state index >= 15 is 0 Å². The molecule has 0 fully saturated rings. The Morgan fingerprint density at radius 3 is 2.70 bits per heavy atom. The average Bonchev–Trinajstić information content (AvgIpc) is 2.88. The quantitative estimate of drug-likeness (QED) is 0.870. The predicted molar refractivity (Wildman–Crippen MR) is 84.5 cm³/mol. The van der Waals surface area contributed by atoms with Gasteiger partial charge < -0.3 is 5.32 Å². The van der Waals surface area contributed by atoms with Crippen molar-refractivity contribution in [2.45, 2.75) is 32.4 Å². The lowest BCUT2D eigenvalue weighted by Gasteiger charge is -2.18. The molecule has 108 valence electrons. The van der Waals surface area contributed by atoms with Crippen LogP contribution >= 0.6 is 23.2 Å². The highest BCUT2D eigenvalue weighted by Gasteiger charge is 2.15. The minimum absolute atomic E-state index is 0.210. The minimum atomic E-state index is 0.210. The SMILES string of the molecule is CCCn1nccc1C(Cc1ccc(Cl)c(Cl)c1)NC. The number of aromatic nitrogens is 2. The van der Waals surface area contributed by atoms with Crippen molar-refractivity contribution in [3.8, 4) is 0 Å². The van der Waals surface area contributed by atoms with Gasteiger partial charge in [-0.1, -0.05) is 36.2 Å². The summed E-state index contributed by atoms with van der Waals surface area (Å²) < 4.78 is 2.05. The molecule has 0 saturated heterocycles. The number of benzene rings is 1. The zero-order valence-electron chi connectivity index (χ0n) is 11.7. The van der Waals surface area contributed by atoms with E-state index in [-0.39, 0.29) is 6.04 Å². The van der Waals surface area contributed by atoms with Crippen LogP contribution in [0.1, 0.15) is 30.6 Å². The number of aryl methyl sites for hydroxylation is 1. The monoisotopic (exact) mass is 311 g/mol. The summed E-state index contributed by atoms with van der Waals surface area (Å²) in [6.45, 7) is 3.08. The van der Waals surface area contributed by atoms with Crippen LogP contribution in [0.25, 0.3) is 0 Å². The molecule has 1 unspecified atom stereocenters. The van der Waals surface area contributed by atoms with Crippen LogP contribution in [0.2, 0.25) is 10.0 Å². The molecular weight excluding hydrogens is 293 g/mol. The lowest BCUT2D eigenvalue weighted by Crippen LogP contribution is -2.22. The van der Waals surface area contributed by atoms with E-state index in [1.807, 2.05) is 31.4 Å². The number of hydrogen-bond donors (Lipinski definition) is 1. The normalized spacial score (nSPS) is 12.6. The number of nitrogens with one attached hydrogen (secondary N) is 1. The Bertz CT molecular complexity index is 566. The van der Waals surface area contributed by atoms with Crippen molar-refractivity contribution >= 4 is 23.2 Å². The van der Waals surface area contributed by atoms with Crippen LogP contribution in [0, 0.1) is 0 Å². The summed E-state index contributed by atoms with van der Waals surface area (Å²) >= 11 is 12.0. The fraction of sp³-hybridized carbons (Fsp3) is 0.400. The second-order valence-corrected chi connectivity index (χ2v) is 5.59. The first kappa shape index (κ1) is 15.4. The molecule has 0 amide bonds. The second-order valence-electron chi connectivity index (χ2n) is 4.77. The van der Waals surface area contributed by atoms with Crippen molar-refractivity contribution in [3.63, 3.8) is 0 Å². The highest BCUT2D eigenvalue weighted by Crippen LogP contribution is 2.25. The maximum atomic E-state index is 6.08.